The fraction of sp³-hybridized carbons (Fsp3) is 0.650. The van der Waals surface area contributed by atoms with E-state index in [1.165, 1.54) is 11.3 Å². The third kappa shape index (κ3) is 4.48. The number of nitrogens with one attached hydrogen (secondary N) is 1. The summed E-state index contributed by atoms with van der Waals surface area (Å²) in [6.07, 6.45) is 3.01. The molecule has 0 aromatic heterocycles. The van der Waals surface area contributed by atoms with Crippen molar-refractivity contribution in [1.82, 2.24) is 15.1 Å². The van der Waals surface area contributed by atoms with Gasteiger partial charge in [0.2, 0.25) is 0 Å². The van der Waals surface area contributed by atoms with Gasteiger partial charge in [-0.05, 0) is 37.0 Å². The van der Waals surface area contributed by atoms with Crippen molar-refractivity contribution >= 4 is 11.7 Å². The summed E-state index contributed by atoms with van der Waals surface area (Å²) in [5.41, 5.74) is 2.54. The molecule has 1 atom stereocenters. The summed E-state index contributed by atoms with van der Waals surface area (Å²) in [6.45, 7) is 3.71. The maximum atomic E-state index is 11.8. The molecule has 2 fully saturated rings. The number of piperidine rings is 1. The molecule has 2 saturated heterocycles. The minimum absolute atomic E-state index is 0.0331. The van der Waals surface area contributed by atoms with E-state index in [4.69, 9.17) is 4.74 Å². The first-order valence-electron chi connectivity index (χ1n) is 9.47. The highest BCUT2D eigenvalue weighted by atomic mass is 16.5. The molecule has 2 aliphatic rings. The summed E-state index contributed by atoms with van der Waals surface area (Å²) in [6, 6.07) is 8.90. The lowest BCUT2D eigenvalue weighted by Gasteiger charge is -2.38. The molecule has 1 aromatic rings. The molecule has 144 valence electrons. The second kappa shape index (κ2) is 7.84. The van der Waals surface area contributed by atoms with Crippen LogP contribution in [0.3, 0.4) is 0 Å². The van der Waals surface area contributed by atoms with E-state index < -0.39 is 0 Å². The number of likely N-dealkylation sites (tertiary alicyclic amines) is 1. The zero-order chi connectivity index (χ0) is 18.7. The Morgan fingerprint density at radius 2 is 1.85 bits per heavy atom. The Bertz CT molecular complexity index is 607. The van der Waals surface area contributed by atoms with Gasteiger partial charge >= 0.3 is 6.03 Å². The zero-order valence-electron chi connectivity index (χ0n) is 16.5. The van der Waals surface area contributed by atoms with Crippen molar-refractivity contribution in [2.75, 3.05) is 52.8 Å². The van der Waals surface area contributed by atoms with E-state index in [0.717, 1.165) is 38.9 Å². The summed E-state index contributed by atoms with van der Waals surface area (Å²) >= 11 is 0. The molecular weight excluding hydrogens is 328 g/mol. The molecule has 0 unspecified atom stereocenters. The Hall–Kier alpha value is -1.79. The maximum Gasteiger partial charge on any atom is 0.317 e. The van der Waals surface area contributed by atoms with Crippen LogP contribution in [-0.2, 0) is 11.3 Å². The molecule has 0 radical (unpaired) electrons. The van der Waals surface area contributed by atoms with E-state index in [9.17, 15) is 4.79 Å². The van der Waals surface area contributed by atoms with Crippen LogP contribution in [0, 0.1) is 0 Å². The number of hydrogen-bond donors (Lipinski definition) is 1. The highest BCUT2D eigenvalue weighted by Gasteiger charge is 2.43. The van der Waals surface area contributed by atoms with Crippen molar-refractivity contribution in [2.45, 2.75) is 37.5 Å². The standard InChI is InChI=1S/C20H32N4O2/c1-22(2)18-7-5-16(6-8-18)14-24-11-9-20(10-12-24)13-17(15-26-20)21-19(25)23(3)4/h5-8,17H,9-15H2,1-4H3,(H,21,25)/t17-/m1/s1. The lowest BCUT2D eigenvalue weighted by molar-refractivity contribution is -0.0449. The molecular formula is C20H32N4O2. The van der Waals surface area contributed by atoms with Crippen molar-refractivity contribution in [3.8, 4) is 0 Å². The van der Waals surface area contributed by atoms with Gasteiger partial charge in [0.1, 0.15) is 0 Å². The number of benzene rings is 1. The summed E-state index contributed by atoms with van der Waals surface area (Å²) in [4.78, 5) is 18.0. The number of carbonyl (C=O) groups is 1. The monoisotopic (exact) mass is 360 g/mol. The van der Waals surface area contributed by atoms with E-state index >= 15 is 0 Å². The van der Waals surface area contributed by atoms with E-state index in [1.807, 2.05) is 0 Å². The van der Waals surface area contributed by atoms with Crippen LogP contribution in [0.15, 0.2) is 24.3 Å². The predicted molar refractivity (Wildman–Crippen MR) is 105 cm³/mol. The molecule has 26 heavy (non-hydrogen) atoms. The van der Waals surface area contributed by atoms with Gasteiger partial charge in [0.15, 0.2) is 0 Å². The van der Waals surface area contributed by atoms with Crippen LogP contribution in [-0.4, -0.2) is 75.4 Å². The van der Waals surface area contributed by atoms with E-state index in [0.29, 0.717) is 6.61 Å². The van der Waals surface area contributed by atoms with Gasteiger partial charge in [0, 0.05) is 53.5 Å². The van der Waals surface area contributed by atoms with Crippen molar-refractivity contribution in [1.29, 1.82) is 0 Å². The second-order valence-electron chi connectivity index (χ2n) is 8.08. The van der Waals surface area contributed by atoms with Crippen molar-refractivity contribution < 1.29 is 9.53 Å². The summed E-state index contributed by atoms with van der Waals surface area (Å²) < 4.78 is 6.15. The molecule has 0 aliphatic carbocycles. The number of urea groups is 1. The fourth-order valence-electron chi connectivity index (χ4n) is 3.87. The summed E-state index contributed by atoms with van der Waals surface area (Å²) in [7, 11) is 7.67. The molecule has 1 N–H and O–H groups in total. The van der Waals surface area contributed by atoms with E-state index in [2.05, 4.69) is 53.5 Å². The first-order valence-corrected chi connectivity index (χ1v) is 9.47. The van der Waals surface area contributed by atoms with Gasteiger partial charge in [0.05, 0.1) is 18.2 Å². The third-order valence-electron chi connectivity index (χ3n) is 5.57. The quantitative estimate of drug-likeness (QED) is 0.894. The predicted octanol–water partition coefficient (Wildman–Crippen LogP) is 2.15. The fourth-order valence-corrected chi connectivity index (χ4v) is 3.87. The third-order valence-corrected chi connectivity index (χ3v) is 5.57. The number of carbonyl (C=O) groups excluding carboxylic acids is 1. The lowest BCUT2D eigenvalue weighted by Crippen LogP contribution is -2.45. The molecule has 0 bridgehead atoms. The van der Waals surface area contributed by atoms with Crippen molar-refractivity contribution in [3.63, 3.8) is 0 Å². The largest absolute Gasteiger partial charge is 0.378 e. The molecule has 6 heteroatoms. The molecule has 1 spiro atoms. The van der Waals surface area contributed by atoms with Gasteiger partial charge in [-0.25, -0.2) is 4.79 Å². The Morgan fingerprint density at radius 3 is 2.42 bits per heavy atom. The average molecular weight is 361 g/mol. The van der Waals surface area contributed by atoms with Gasteiger partial charge in [-0.3, -0.25) is 4.90 Å². The van der Waals surface area contributed by atoms with Crippen LogP contribution in [0.5, 0.6) is 0 Å². The topological polar surface area (TPSA) is 48.1 Å². The molecule has 6 nitrogen and oxygen atoms in total. The lowest BCUT2D eigenvalue weighted by atomic mass is 9.87. The minimum Gasteiger partial charge on any atom is -0.378 e. The number of ether oxygens (including phenoxy) is 1. The Balaban J connectivity index is 1.47. The van der Waals surface area contributed by atoms with Gasteiger partial charge in [-0.2, -0.15) is 0 Å². The molecule has 2 aliphatic heterocycles. The van der Waals surface area contributed by atoms with Crippen LogP contribution in [0.1, 0.15) is 24.8 Å². The Morgan fingerprint density at radius 1 is 1.19 bits per heavy atom. The first kappa shape index (κ1) is 19.0. The molecule has 3 rings (SSSR count). The van der Waals surface area contributed by atoms with Gasteiger partial charge in [-0.1, -0.05) is 12.1 Å². The maximum absolute atomic E-state index is 11.8. The number of rotatable bonds is 4. The summed E-state index contributed by atoms with van der Waals surface area (Å²) in [5.74, 6) is 0. The molecule has 2 heterocycles. The molecule has 0 saturated carbocycles. The van der Waals surface area contributed by atoms with E-state index in [-0.39, 0.29) is 17.7 Å². The zero-order valence-corrected chi connectivity index (χ0v) is 16.5. The molecule has 2 amide bonds. The SMILES string of the molecule is CN(C)C(=O)N[C@H]1COC2(CCN(Cc3ccc(N(C)C)cc3)CC2)C1. The average Bonchev–Trinajstić information content (AvgIpc) is 3.00. The summed E-state index contributed by atoms with van der Waals surface area (Å²) in [5, 5.41) is 3.06. The van der Waals surface area contributed by atoms with Gasteiger partial charge < -0.3 is 19.9 Å². The van der Waals surface area contributed by atoms with Crippen LogP contribution in [0.25, 0.3) is 0 Å². The van der Waals surface area contributed by atoms with Crippen molar-refractivity contribution in [3.05, 3.63) is 29.8 Å². The number of anilines is 1. The van der Waals surface area contributed by atoms with Gasteiger partial charge in [0.25, 0.3) is 0 Å². The van der Waals surface area contributed by atoms with E-state index in [1.54, 1.807) is 19.0 Å². The van der Waals surface area contributed by atoms with Crippen LogP contribution in [0.4, 0.5) is 10.5 Å². The normalized spacial score (nSPS) is 22.4. The Kier molecular flexibility index (Phi) is 5.73. The van der Waals surface area contributed by atoms with Crippen LogP contribution in [0.2, 0.25) is 0 Å². The van der Waals surface area contributed by atoms with Crippen LogP contribution >= 0.6 is 0 Å². The Labute approximate surface area is 157 Å². The van der Waals surface area contributed by atoms with Crippen molar-refractivity contribution in [2.24, 2.45) is 0 Å². The molecule has 1 aromatic carbocycles. The highest BCUT2D eigenvalue weighted by Crippen LogP contribution is 2.36. The van der Waals surface area contributed by atoms with Gasteiger partial charge in [-0.15, -0.1) is 0 Å². The second-order valence-corrected chi connectivity index (χ2v) is 8.08. The number of amides is 2. The number of hydrogen-bond acceptors (Lipinski definition) is 4. The van der Waals surface area contributed by atoms with Crippen LogP contribution < -0.4 is 10.2 Å². The first-order chi connectivity index (χ1) is 12.4. The minimum atomic E-state index is -0.0461. The highest BCUT2D eigenvalue weighted by molar-refractivity contribution is 5.73. The smallest absolute Gasteiger partial charge is 0.317 e. The number of nitrogens with zero attached hydrogens (tertiary/aromatic N) is 3.